The van der Waals surface area contributed by atoms with E-state index in [4.69, 9.17) is 0 Å². The molecule has 0 saturated carbocycles. The van der Waals surface area contributed by atoms with E-state index < -0.39 is 30.0 Å². The van der Waals surface area contributed by atoms with Gasteiger partial charge in [-0.05, 0) is 0 Å². The Bertz CT molecular complexity index is 473. The summed E-state index contributed by atoms with van der Waals surface area (Å²) in [5, 5.41) is 0. The Morgan fingerprint density at radius 1 is 1.31 bits per heavy atom. The predicted octanol–water partition coefficient (Wildman–Crippen LogP) is -0.331. The third-order valence-electron chi connectivity index (χ3n) is 1.41. The Kier molecular flexibility index (Phi) is 3.16. The number of aromatic amines is 2. The van der Waals surface area contributed by atoms with Gasteiger partial charge < -0.3 is 9.72 Å². The summed E-state index contributed by atoms with van der Waals surface area (Å²) in [6.45, 7) is -0.836. The Hall–Kier alpha value is -2.06. The Labute approximate surface area is 85.1 Å². The molecule has 0 atom stereocenters. The summed E-state index contributed by atoms with van der Waals surface area (Å²) in [7, 11) is 0. The molecule has 0 bridgehead atoms. The van der Waals surface area contributed by atoms with Crippen LogP contribution >= 0.6 is 0 Å². The molecule has 0 amide bonds. The van der Waals surface area contributed by atoms with Gasteiger partial charge in [0, 0.05) is 6.07 Å². The number of H-pyrrole nitrogens is 2. The van der Waals surface area contributed by atoms with Crippen molar-refractivity contribution in [3.63, 3.8) is 0 Å². The predicted molar refractivity (Wildman–Crippen MR) is 43.5 cm³/mol. The van der Waals surface area contributed by atoms with Crippen molar-refractivity contribution in [1.29, 1.82) is 0 Å². The topological polar surface area (TPSA) is 92.0 Å². The Morgan fingerprint density at radius 2 is 1.94 bits per heavy atom. The highest BCUT2D eigenvalue weighted by molar-refractivity contribution is 5.75. The van der Waals surface area contributed by atoms with E-state index in [0.717, 1.165) is 6.07 Å². The fourth-order valence-electron chi connectivity index (χ4n) is 0.822. The Morgan fingerprint density at radius 3 is 2.44 bits per heavy atom. The third kappa shape index (κ3) is 3.26. The molecule has 16 heavy (non-hydrogen) atoms. The average Bonchev–Trinajstić information content (AvgIpc) is 2.11. The summed E-state index contributed by atoms with van der Waals surface area (Å²) >= 11 is 0. The monoisotopic (exact) mass is 238 g/mol. The molecule has 1 aromatic heterocycles. The van der Waals surface area contributed by atoms with Gasteiger partial charge in [0.15, 0.2) is 0 Å². The van der Waals surface area contributed by atoms with Crippen LogP contribution in [0, 0.1) is 0 Å². The molecule has 0 spiro atoms. The van der Waals surface area contributed by atoms with Crippen LogP contribution in [0.25, 0.3) is 0 Å². The van der Waals surface area contributed by atoms with E-state index in [0.29, 0.717) is 0 Å². The van der Waals surface area contributed by atoms with Crippen molar-refractivity contribution in [2.24, 2.45) is 0 Å². The number of rotatable bonds is 2. The first-order valence-corrected chi connectivity index (χ1v) is 3.85. The van der Waals surface area contributed by atoms with Gasteiger partial charge in [-0.1, -0.05) is 0 Å². The molecule has 0 aliphatic carbocycles. The molecule has 0 fully saturated rings. The molecule has 0 aromatic carbocycles. The van der Waals surface area contributed by atoms with E-state index in [1.807, 2.05) is 4.98 Å². The molecule has 6 nitrogen and oxygen atoms in total. The Balaban J connectivity index is 2.73. The summed E-state index contributed by atoms with van der Waals surface area (Å²) < 4.78 is 38.9. The van der Waals surface area contributed by atoms with Gasteiger partial charge in [0.05, 0.1) is 5.69 Å². The van der Waals surface area contributed by atoms with Gasteiger partial charge in [0.1, 0.15) is 6.61 Å². The number of carbonyl (C=O) groups excluding carboxylic acids is 1. The maximum atomic E-state index is 11.7. The van der Waals surface area contributed by atoms with Crippen molar-refractivity contribution in [1.82, 2.24) is 9.97 Å². The summed E-state index contributed by atoms with van der Waals surface area (Å²) in [6.07, 6.45) is -5.11. The standard InChI is InChI=1S/C7H5F3N2O4/c8-7(9,10)5(14)16-2-3-1-4(13)12-6(15)11-3/h1H,2H2,(H2,11,12,13,15). The van der Waals surface area contributed by atoms with Crippen molar-refractivity contribution >= 4 is 5.97 Å². The lowest BCUT2D eigenvalue weighted by Gasteiger charge is -2.06. The van der Waals surface area contributed by atoms with Crippen LogP contribution in [-0.4, -0.2) is 22.1 Å². The molecule has 0 aliphatic heterocycles. The summed E-state index contributed by atoms with van der Waals surface area (Å²) in [5.74, 6) is -2.39. The number of ether oxygens (including phenoxy) is 1. The lowest BCUT2D eigenvalue weighted by atomic mass is 10.4. The summed E-state index contributed by atoms with van der Waals surface area (Å²) in [4.78, 5) is 35.5. The van der Waals surface area contributed by atoms with E-state index >= 15 is 0 Å². The average molecular weight is 238 g/mol. The quantitative estimate of drug-likeness (QED) is 0.690. The number of aromatic nitrogens is 2. The molecular formula is C7H5F3N2O4. The normalized spacial score (nSPS) is 11.2. The van der Waals surface area contributed by atoms with Gasteiger partial charge in [-0.25, -0.2) is 9.59 Å². The van der Waals surface area contributed by atoms with Gasteiger partial charge in [0.2, 0.25) is 0 Å². The molecule has 2 N–H and O–H groups in total. The maximum absolute atomic E-state index is 11.7. The second-order valence-electron chi connectivity index (χ2n) is 2.69. The molecule has 0 saturated heterocycles. The molecule has 9 heteroatoms. The van der Waals surface area contributed by atoms with Crippen LogP contribution in [0.3, 0.4) is 0 Å². The number of hydrogen-bond donors (Lipinski definition) is 2. The smallest absolute Gasteiger partial charge is 0.453 e. The van der Waals surface area contributed by atoms with Crippen LogP contribution in [-0.2, 0) is 16.1 Å². The largest absolute Gasteiger partial charge is 0.490 e. The van der Waals surface area contributed by atoms with Gasteiger partial charge in [-0.15, -0.1) is 0 Å². The second-order valence-corrected chi connectivity index (χ2v) is 2.69. The fraction of sp³-hybridized carbons (Fsp3) is 0.286. The van der Waals surface area contributed by atoms with Crippen LogP contribution in [0.2, 0.25) is 0 Å². The highest BCUT2D eigenvalue weighted by Crippen LogP contribution is 2.16. The van der Waals surface area contributed by atoms with Crippen LogP contribution in [0.1, 0.15) is 5.69 Å². The highest BCUT2D eigenvalue weighted by Gasteiger charge is 2.40. The number of halogens is 3. The number of hydrogen-bond acceptors (Lipinski definition) is 4. The van der Waals surface area contributed by atoms with Gasteiger partial charge in [-0.2, -0.15) is 13.2 Å². The van der Waals surface area contributed by atoms with Gasteiger partial charge >= 0.3 is 17.8 Å². The van der Waals surface area contributed by atoms with Crippen molar-refractivity contribution in [2.45, 2.75) is 12.8 Å². The molecular weight excluding hydrogens is 233 g/mol. The zero-order valence-corrected chi connectivity index (χ0v) is 7.55. The zero-order valence-electron chi connectivity index (χ0n) is 7.55. The van der Waals surface area contributed by atoms with E-state index in [2.05, 4.69) is 4.74 Å². The van der Waals surface area contributed by atoms with Gasteiger partial charge in [0.25, 0.3) is 5.56 Å². The number of alkyl halides is 3. The number of esters is 1. The van der Waals surface area contributed by atoms with Crippen LogP contribution < -0.4 is 11.2 Å². The summed E-state index contributed by atoms with van der Waals surface area (Å²) in [6, 6.07) is 0.811. The van der Waals surface area contributed by atoms with Crippen LogP contribution in [0.4, 0.5) is 13.2 Å². The fourth-order valence-corrected chi connectivity index (χ4v) is 0.822. The molecule has 0 radical (unpaired) electrons. The SMILES string of the molecule is O=C(OCc1cc(=O)[nH]c(=O)[nH]1)C(F)(F)F. The van der Waals surface area contributed by atoms with E-state index in [9.17, 15) is 27.6 Å². The molecule has 1 rings (SSSR count). The minimum absolute atomic E-state index is 0.230. The summed E-state index contributed by atoms with van der Waals surface area (Å²) in [5.41, 5.74) is -1.93. The molecule has 88 valence electrons. The van der Waals surface area contributed by atoms with E-state index in [1.165, 1.54) is 0 Å². The molecule has 0 unspecified atom stereocenters. The number of carbonyl (C=O) groups is 1. The molecule has 1 heterocycles. The second kappa shape index (κ2) is 4.21. The maximum Gasteiger partial charge on any atom is 0.490 e. The lowest BCUT2D eigenvalue weighted by Crippen LogP contribution is -2.27. The van der Waals surface area contributed by atoms with Crippen molar-refractivity contribution < 1.29 is 22.7 Å². The molecule has 1 aromatic rings. The van der Waals surface area contributed by atoms with E-state index in [1.54, 1.807) is 4.98 Å². The minimum atomic E-state index is -5.11. The van der Waals surface area contributed by atoms with Crippen molar-refractivity contribution in [3.8, 4) is 0 Å². The third-order valence-corrected chi connectivity index (χ3v) is 1.41. The van der Waals surface area contributed by atoms with Crippen LogP contribution in [0.15, 0.2) is 15.7 Å². The zero-order chi connectivity index (χ0) is 12.3. The first-order chi connectivity index (χ1) is 7.29. The lowest BCUT2D eigenvalue weighted by molar-refractivity contribution is -0.201. The minimum Gasteiger partial charge on any atom is -0.453 e. The first kappa shape index (κ1) is 12.0. The molecule has 0 aliphatic rings. The van der Waals surface area contributed by atoms with E-state index in [-0.39, 0.29) is 5.69 Å². The number of nitrogens with one attached hydrogen (secondary N) is 2. The first-order valence-electron chi connectivity index (χ1n) is 3.85. The highest BCUT2D eigenvalue weighted by atomic mass is 19.4. The van der Waals surface area contributed by atoms with Gasteiger partial charge in [-0.3, -0.25) is 9.78 Å². The van der Waals surface area contributed by atoms with Crippen molar-refractivity contribution in [2.75, 3.05) is 0 Å². The van der Waals surface area contributed by atoms with Crippen molar-refractivity contribution in [3.05, 3.63) is 32.6 Å². The van der Waals surface area contributed by atoms with Crippen LogP contribution in [0.5, 0.6) is 0 Å².